The Balaban J connectivity index is 2.27. The molecule has 0 unspecified atom stereocenters. The summed E-state index contributed by atoms with van der Waals surface area (Å²) in [5.74, 6) is 0.529. The van der Waals surface area contributed by atoms with Crippen LogP contribution in [-0.4, -0.2) is 29.5 Å². The summed E-state index contributed by atoms with van der Waals surface area (Å²) in [6.07, 6.45) is 1.38. The van der Waals surface area contributed by atoms with Crippen molar-refractivity contribution < 1.29 is 9.53 Å². The number of rotatable bonds is 6. The third-order valence-corrected chi connectivity index (χ3v) is 2.83. The minimum Gasteiger partial charge on any atom is -0.481 e. The van der Waals surface area contributed by atoms with Crippen molar-refractivity contribution in [1.29, 1.82) is 0 Å². The van der Waals surface area contributed by atoms with Crippen molar-refractivity contribution in [3.63, 3.8) is 0 Å². The fraction of sp³-hybridized carbons (Fsp3) is 0.214. The smallest absolute Gasteiger partial charge is 0.237 e. The molecule has 1 amide bonds. The van der Waals surface area contributed by atoms with E-state index in [9.17, 15) is 4.79 Å². The molecule has 0 aliphatic heterocycles. The molecule has 7 heteroatoms. The molecule has 110 valence electrons. The molecule has 0 atom stereocenters. The maximum Gasteiger partial charge on any atom is 0.237 e. The fourth-order valence-electron chi connectivity index (χ4n) is 1.93. The number of amides is 1. The number of methoxy groups -OCH3 is 1. The van der Waals surface area contributed by atoms with E-state index in [-0.39, 0.29) is 6.54 Å². The molecule has 0 bridgehead atoms. The number of carbonyl (C=O) groups is 1. The van der Waals surface area contributed by atoms with Crippen LogP contribution in [0.3, 0.4) is 0 Å². The van der Waals surface area contributed by atoms with Crippen LogP contribution in [0.15, 0.2) is 36.7 Å². The van der Waals surface area contributed by atoms with Crippen LogP contribution in [0.1, 0.15) is 5.56 Å². The number of anilines is 2. The van der Waals surface area contributed by atoms with Crippen molar-refractivity contribution in [3.8, 4) is 5.88 Å². The third kappa shape index (κ3) is 4.07. The van der Waals surface area contributed by atoms with E-state index >= 15 is 0 Å². The van der Waals surface area contributed by atoms with Crippen LogP contribution in [0.2, 0.25) is 0 Å². The normalized spacial score (nSPS) is 10.1. The highest BCUT2D eigenvalue weighted by atomic mass is 16.5. The van der Waals surface area contributed by atoms with Crippen molar-refractivity contribution in [3.05, 3.63) is 42.2 Å². The van der Waals surface area contributed by atoms with Crippen LogP contribution < -0.4 is 21.1 Å². The largest absolute Gasteiger partial charge is 0.481 e. The Morgan fingerprint density at radius 2 is 2.14 bits per heavy atom. The van der Waals surface area contributed by atoms with Crippen LogP contribution in [-0.2, 0) is 11.3 Å². The molecule has 2 rings (SSSR count). The molecule has 0 fully saturated rings. The Kier molecular flexibility index (Phi) is 4.55. The van der Waals surface area contributed by atoms with Crippen LogP contribution in [0.25, 0.3) is 0 Å². The number of nitrogens with zero attached hydrogens (tertiary/aromatic N) is 3. The molecule has 0 aliphatic carbocycles. The number of nitrogen functional groups attached to an aromatic ring is 1. The lowest BCUT2D eigenvalue weighted by atomic mass is 10.2. The molecule has 1 aromatic carbocycles. The van der Waals surface area contributed by atoms with Gasteiger partial charge in [0, 0.05) is 18.3 Å². The van der Waals surface area contributed by atoms with Crippen molar-refractivity contribution in [2.45, 2.75) is 6.54 Å². The molecule has 0 radical (unpaired) electrons. The molecule has 7 nitrogen and oxygen atoms in total. The SMILES string of the molecule is COc1cc(N(CC(N)=O)Cc2cccc(N)c2)ncn1. The Hall–Kier alpha value is -2.83. The quantitative estimate of drug-likeness (QED) is 0.752. The van der Waals surface area contributed by atoms with Gasteiger partial charge >= 0.3 is 0 Å². The van der Waals surface area contributed by atoms with Gasteiger partial charge in [0.2, 0.25) is 11.8 Å². The van der Waals surface area contributed by atoms with Crippen LogP contribution in [0.5, 0.6) is 5.88 Å². The summed E-state index contributed by atoms with van der Waals surface area (Å²) in [4.78, 5) is 21.1. The molecule has 1 aromatic heterocycles. The summed E-state index contributed by atoms with van der Waals surface area (Å²) < 4.78 is 5.07. The van der Waals surface area contributed by atoms with E-state index in [1.165, 1.54) is 13.4 Å². The minimum atomic E-state index is -0.448. The van der Waals surface area contributed by atoms with E-state index in [2.05, 4.69) is 9.97 Å². The molecule has 4 N–H and O–H groups in total. The molecule has 0 spiro atoms. The van der Waals surface area contributed by atoms with Gasteiger partial charge in [-0.15, -0.1) is 0 Å². The topological polar surface area (TPSA) is 107 Å². The molecular formula is C14H17N5O2. The van der Waals surface area contributed by atoms with Gasteiger partial charge < -0.3 is 21.1 Å². The Morgan fingerprint density at radius 3 is 2.81 bits per heavy atom. The van der Waals surface area contributed by atoms with Gasteiger partial charge in [-0.25, -0.2) is 9.97 Å². The van der Waals surface area contributed by atoms with Crippen LogP contribution in [0.4, 0.5) is 11.5 Å². The van der Waals surface area contributed by atoms with Gasteiger partial charge in [0.05, 0.1) is 13.7 Å². The number of nitrogens with two attached hydrogens (primary N) is 2. The van der Waals surface area contributed by atoms with E-state index in [1.54, 1.807) is 17.0 Å². The summed E-state index contributed by atoms with van der Waals surface area (Å²) in [5.41, 5.74) is 12.7. The zero-order valence-corrected chi connectivity index (χ0v) is 11.7. The Morgan fingerprint density at radius 1 is 1.33 bits per heavy atom. The highest BCUT2D eigenvalue weighted by molar-refractivity contribution is 5.79. The Labute approximate surface area is 122 Å². The summed E-state index contributed by atoms with van der Waals surface area (Å²) >= 11 is 0. The van der Waals surface area contributed by atoms with Gasteiger partial charge in [-0.3, -0.25) is 4.79 Å². The number of hydrogen-bond acceptors (Lipinski definition) is 6. The van der Waals surface area contributed by atoms with E-state index in [0.717, 1.165) is 5.56 Å². The first-order chi connectivity index (χ1) is 10.1. The second kappa shape index (κ2) is 6.56. The van der Waals surface area contributed by atoms with Crippen molar-refractivity contribution >= 4 is 17.4 Å². The van der Waals surface area contributed by atoms with E-state index < -0.39 is 5.91 Å². The standard InChI is InChI=1S/C14H17N5O2/c1-21-14-6-13(17-9-18-14)19(8-12(16)20)7-10-3-2-4-11(15)5-10/h2-6,9H,7-8,15H2,1H3,(H2,16,20). The van der Waals surface area contributed by atoms with Gasteiger partial charge in [0.1, 0.15) is 12.1 Å². The fourth-order valence-corrected chi connectivity index (χ4v) is 1.93. The zero-order chi connectivity index (χ0) is 15.2. The Bertz CT molecular complexity index is 632. The van der Waals surface area contributed by atoms with Gasteiger partial charge in [-0.05, 0) is 17.7 Å². The number of primary amides is 1. The van der Waals surface area contributed by atoms with Crippen LogP contribution in [0, 0.1) is 0 Å². The summed E-state index contributed by atoms with van der Waals surface area (Å²) in [6.45, 7) is 0.489. The molecule has 1 heterocycles. The predicted molar refractivity (Wildman–Crippen MR) is 79.7 cm³/mol. The summed E-state index contributed by atoms with van der Waals surface area (Å²) in [7, 11) is 1.52. The molecule has 21 heavy (non-hydrogen) atoms. The summed E-state index contributed by atoms with van der Waals surface area (Å²) in [6, 6.07) is 9.06. The monoisotopic (exact) mass is 287 g/mol. The van der Waals surface area contributed by atoms with E-state index in [4.69, 9.17) is 16.2 Å². The van der Waals surface area contributed by atoms with E-state index in [0.29, 0.717) is 23.9 Å². The first-order valence-electron chi connectivity index (χ1n) is 6.32. The maximum atomic E-state index is 11.3. The number of benzene rings is 1. The third-order valence-electron chi connectivity index (χ3n) is 2.83. The van der Waals surface area contributed by atoms with Crippen molar-refractivity contribution in [2.75, 3.05) is 24.3 Å². The first kappa shape index (κ1) is 14.6. The molecular weight excluding hydrogens is 270 g/mol. The lowest BCUT2D eigenvalue weighted by Gasteiger charge is -2.22. The molecule has 0 saturated carbocycles. The average Bonchev–Trinajstić information content (AvgIpc) is 2.46. The van der Waals surface area contributed by atoms with Gasteiger partial charge in [0.25, 0.3) is 0 Å². The lowest BCUT2D eigenvalue weighted by Crippen LogP contribution is -2.34. The van der Waals surface area contributed by atoms with Gasteiger partial charge in [0.15, 0.2) is 0 Å². The second-order valence-corrected chi connectivity index (χ2v) is 4.49. The highest BCUT2D eigenvalue weighted by Gasteiger charge is 2.13. The number of aromatic nitrogens is 2. The van der Waals surface area contributed by atoms with E-state index in [1.807, 2.05) is 18.2 Å². The second-order valence-electron chi connectivity index (χ2n) is 4.49. The van der Waals surface area contributed by atoms with Gasteiger partial charge in [-0.2, -0.15) is 0 Å². The molecule has 0 saturated heterocycles. The van der Waals surface area contributed by atoms with Crippen molar-refractivity contribution in [2.24, 2.45) is 5.73 Å². The zero-order valence-electron chi connectivity index (χ0n) is 11.7. The number of carbonyl (C=O) groups excluding carboxylic acids is 1. The predicted octanol–water partition coefficient (Wildman–Crippen LogP) is 0.559. The van der Waals surface area contributed by atoms with Gasteiger partial charge in [-0.1, -0.05) is 12.1 Å². The highest BCUT2D eigenvalue weighted by Crippen LogP contribution is 2.18. The maximum absolute atomic E-state index is 11.3. The summed E-state index contributed by atoms with van der Waals surface area (Å²) in [5, 5.41) is 0. The average molecular weight is 287 g/mol. The lowest BCUT2D eigenvalue weighted by molar-refractivity contribution is -0.116. The minimum absolute atomic E-state index is 0.0367. The number of ether oxygens (including phenoxy) is 1. The molecule has 2 aromatic rings. The van der Waals surface area contributed by atoms with Crippen LogP contribution >= 0.6 is 0 Å². The number of hydrogen-bond donors (Lipinski definition) is 2. The molecule has 0 aliphatic rings. The van der Waals surface area contributed by atoms with Crippen molar-refractivity contribution in [1.82, 2.24) is 9.97 Å². The first-order valence-corrected chi connectivity index (χ1v) is 6.32.